The monoisotopic (exact) mass is 359 g/mol. The molecule has 25 heavy (non-hydrogen) atoms. The molecule has 0 fully saturated rings. The first-order valence-electron chi connectivity index (χ1n) is 7.60. The van der Waals surface area contributed by atoms with Crippen LogP contribution in [0.1, 0.15) is 6.92 Å². The minimum absolute atomic E-state index is 0.0187. The van der Waals surface area contributed by atoms with Gasteiger partial charge in [-0.1, -0.05) is 5.16 Å². The third-order valence-corrected chi connectivity index (χ3v) is 4.87. The summed E-state index contributed by atoms with van der Waals surface area (Å²) in [5, 5.41) is 3.97. The number of anilines is 1. The molecule has 0 spiro atoms. The third kappa shape index (κ3) is 3.97. The molecule has 8 heteroatoms. The molecule has 0 saturated carbocycles. The molecular weight excluding hydrogens is 342 g/mol. The van der Waals surface area contributed by atoms with Gasteiger partial charge >= 0.3 is 0 Å². The molecule has 1 aromatic heterocycles. The van der Waals surface area contributed by atoms with Crippen LogP contribution in [0.15, 0.2) is 53.1 Å². The highest BCUT2D eigenvalue weighted by molar-refractivity contribution is 7.92. The number of rotatable bonds is 6. The third-order valence-electron chi connectivity index (χ3n) is 3.56. The zero-order valence-corrected chi connectivity index (χ0v) is 14.6. The topological polar surface area (TPSA) is 94.3 Å². The average molecular weight is 359 g/mol. The van der Waals surface area contributed by atoms with Crippen LogP contribution >= 0.6 is 0 Å². The van der Waals surface area contributed by atoms with Crippen LogP contribution in [-0.2, 0) is 10.0 Å². The maximum absolute atomic E-state index is 11.6. The van der Waals surface area contributed by atoms with Crippen LogP contribution in [0.5, 0.6) is 5.75 Å². The zero-order chi connectivity index (χ0) is 17.9. The molecule has 1 heterocycles. The number of sulfonamides is 1. The van der Waals surface area contributed by atoms with Crippen LogP contribution in [0.25, 0.3) is 22.8 Å². The molecule has 130 valence electrons. The van der Waals surface area contributed by atoms with Gasteiger partial charge in [0.1, 0.15) is 5.75 Å². The van der Waals surface area contributed by atoms with Gasteiger partial charge in [-0.25, -0.2) is 8.42 Å². The number of aromatic nitrogens is 2. The molecule has 2 aromatic carbocycles. The van der Waals surface area contributed by atoms with Gasteiger partial charge in [0.15, 0.2) is 0 Å². The molecule has 0 aliphatic carbocycles. The summed E-state index contributed by atoms with van der Waals surface area (Å²) in [5.41, 5.74) is 2.00. The van der Waals surface area contributed by atoms with Crippen molar-refractivity contribution in [1.82, 2.24) is 10.1 Å². The van der Waals surface area contributed by atoms with Crippen molar-refractivity contribution in [3.05, 3.63) is 48.5 Å². The smallest absolute Gasteiger partial charge is 0.258 e. The maximum atomic E-state index is 11.6. The zero-order valence-electron chi connectivity index (χ0n) is 13.8. The number of methoxy groups -OCH3 is 1. The number of nitrogens with one attached hydrogen (secondary N) is 1. The summed E-state index contributed by atoms with van der Waals surface area (Å²) in [6.07, 6.45) is 0. The van der Waals surface area contributed by atoms with E-state index in [0.717, 1.165) is 16.9 Å². The maximum Gasteiger partial charge on any atom is 0.258 e. The summed E-state index contributed by atoms with van der Waals surface area (Å²) in [6, 6.07) is 14.1. The number of nitrogens with zero attached hydrogens (tertiary/aromatic N) is 2. The van der Waals surface area contributed by atoms with Crippen LogP contribution in [-0.4, -0.2) is 31.4 Å². The predicted octanol–water partition coefficient (Wildman–Crippen LogP) is 3.17. The van der Waals surface area contributed by atoms with Crippen molar-refractivity contribution in [1.29, 1.82) is 0 Å². The van der Waals surface area contributed by atoms with Gasteiger partial charge in [-0.2, -0.15) is 4.98 Å². The summed E-state index contributed by atoms with van der Waals surface area (Å²) in [6.45, 7) is 1.58. The molecule has 0 saturated heterocycles. The van der Waals surface area contributed by atoms with Gasteiger partial charge in [0.2, 0.25) is 15.8 Å². The first-order chi connectivity index (χ1) is 12.0. The Balaban J connectivity index is 1.79. The van der Waals surface area contributed by atoms with Crippen LogP contribution in [0.4, 0.5) is 5.69 Å². The molecule has 0 amide bonds. The highest BCUT2D eigenvalue weighted by Crippen LogP contribution is 2.25. The van der Waals surface area contributed by atoms with E-state index in [1.165, 1.54) is 0 Å². The van der Waals surface area contributed by atoms with E-state index in [0.29, 0.717) is 17.4 Å². The summed E-state index contributed by atoms with van der Waals surface area (Å²) in [4.78, 5) is 4.37. The molecule has 3 aromatic rings. The minimum Gasteiger partial charge on any atom is -0.497 e. The molecule has 0 radical (unpaired) electrons. The summed E-state index contributed by atoms with van der Waals surface area (Å²) in [5.74, 6) is 1.59. The van der Waals surface area contributed by atoms with Crippen LogP contribution in [0.2, 0.25) is 0 Å². The second kappa shape index (κ2) is 6.94. The molecule has 0 unspecified atom stereocenters. The lowest BCUT2D eigenvalue weighted by Gasteiger charge is -2.05. The molecule has 0 aliphatic heterocycles. The van der Waals surface area contributed by atoms with E-state index in [9.17, 15) is 8.42 Å². The van der Waals surface area contributed by atoms with Crippen LogP contribution in [0.3, 0.4) is 0 Å². The van der Waals surface area contributed by atoms with Gasteiger partial charge in [0, 0.05) is 16.8 Å². The predicted molar refractivity (Wildman–Crippen MR) is 94.8 cm³/mol. The van der Waals surface area contributed by atoms with Crippen molar-refractivity contribution >= 4 is 15.7 Å². The minimum atomic E-state index is -3.30. The number of hydrogen-bond donors (Lipinski definition) is 1. The Bertz CT molecular complexity index is 948. The van der Waals surface area contributed by atoms with E-state index in [4.69, 9.17) is 9.26 Å². The number of ether oxygens (including phenoxy) is 1. The first kappa shape index (κ1) is 17.0. The highest BCUT2D eigenvalue weighted by Gasteiger charge is 2.12. The van der Waals surface area contributed by atoms with E-state index < -0.39 is 10.0 Å². The molecule has 0 bridgehead atoms. The number of benzene rings is 2. The van der Waals surface area contributed by atoms with Gasteiger partial charge in [0.05, 0.1) is 12.9 Å². The molecular formula is C17H17N3O4S. The van der Waals surface area contributed by atoms with Gasteiger partial charge in [-0.3, -0.25) is 4.72 Å². The molecule has 7 nitrogen and oxygen atoms in total. The Labute approximate surface area is 145 Å². The fraction of sp³-hybridized carbons (Fsp3) is 0.176. The van der Waals surface area contributed by atoms with Crippen molar-refractivity contribution in [2.45, 2.75) is 6.92 Å². The summed E-state index contributed by atoms with van der Waals surface area (Å²) >= 11 is 0. The lowest BCUT2D eigenvalue weighted by Crippen LogP contribution is -2.14. The SMILES string of the molecule is CCS(=O)(=O)Nc1ccc(-c2noc(-c3ccc(OC)cc3)n2)cc1. The molecule has 3 rings (SSSR count). The van der Waals surface area contributed by atoms with E-state index in [1.54, 1.807) is 38.3 Å². The van der Waals surface area contributed by atoms with Crippen molar-refractivity contribution in [3.63, 3.8) is 0 Å². The summed E-state index contributed by atoms with van der Waals surface area (Å²) < 4.78 is 36.0. The van der Waals surface area contributed by atoms with Crippen LogP contribution in [0, 0.1) is 0 Å². The second-order valence-corrected chi connectivity index (χ2v) is 7.25. The largest absolute Gasteiger partial charge is 0.497 e. The Morgan fingerprint density at radius 1 is 1.04 bits per heavy atom. The van der Waals surface area contributed by atoms with Gasteiger partial charge in [0.25, 0.3) is 5.89 Å². The Morgan fingerprint density at radius 3 is 2.28 bits per heavy atom. The van der Waals surface area contributed by atoms with Crippen molar-refractivity contribution in [2.75, 3.05) is 17.6 Å². The Kier molecular flexibility index (Phi) is 4.71. The van der Waals surface area contributed by atoms with Crippen molar-refractivity contribution in [2.24, 2.45) is 0 Å². The van der Waals surface area contributed by atoms with E-state index >= 15 is 0 Å². The normalized spacial score (nSPS) is 11.3. The fourth-order valence-corrected chi connectivity index (χ4v) is 2.77. The van der Waals surface area contributed by atoms with E-state index in [-0.39, 0.29) is 5.75 Å². The Morgan fingerprint density at radius 2 is 1.68 bits per heavy atom. The molecule has 0 aliphatic rings. The Hall–Kier alpha value is -2.87. The standard InChI is InChI=1S/C17H17N3O4S/c1-3-25(21,22)20-14-8-4-12(5-9-14)16-18-17(24-19-16)13-6-10-15(23-2)11-7-13/h4-11,20H,3H2,1-2H3. The van der Waals surface area contributed by atoms with Gasteiger partial charge in [-0.05, 0) is 55.5 Å². The van der Waals surface area contributed by atoms with Crippen LogP contribution < -0.4 is 9.46 Å². The lowest BCUT2D eigenvalue weighted by atomic mass is 10.2. The molecule has 0 atom stereocenters. The first-order valence-corrected chi connectivity index (χ1v) is 9.25. The van der Waals surface area contributed by atoms with Gasteiger partial charge < -0.3 is 9.26 Å². The fourth-order valence-electron chi connectivity index (χ4n) is 2.13. The highest BCUT2D eigenvalue weighted by atomic mass is 32.2. The number of hydrogen-bond acceptors (Lipinski definition) is 6. The summed E-state index contributed by atoms with van der Waals surface area (Å²) in [7, 11) is -1.70. The average Bonchev–Trinajstić information content (AvgIpc) is 3.12. The van der Waals surface area contributed by atoms with Crippen molar-refractivity contribution < 1.29 is 17.7 Å². The van der Waals surface area contributed by atoms with Gasteiger partial charge in [-0.15, -0.1) is 0 Å². The van der Waals surface area contributed by atoms with Crippen molar-refractivity contribution in [3.8, 4) is 28.6 Å². The molecule has 1 N–H and O–H groups in total. The van der Waals surface area contributed by atoms with E-state index in [2.05, 4.69) is 14.9 Å². The lowest BCUT2D eigenvalue weighted by molar-refractivity contribution is 0.414. The van der Waals surface area contributed by atoms with E-state index in [1.807, 2.05) is 24.3 Å². The quantitative estimate of drug-likeness (QED) is 0.726. The second-order valence-electron chi connectivity index (χ2n) is 5.23.